The molecule has 1 amide bonds. The second-order valence-electron chi connectivity index (χ2n) is 11.6. The quantitative estimate of drug-likeness (QED) is 0.231. The van der Waals surface area contributed by atoms with Crippen LogP contribution in [-0.2, 0) is 14.4 Å². The lowest BCUT2D eigenvalue weighted by Crippen LogP contribution is -2.44. The van der Waals surface area contributed by atoms with Gasteiger partial charge in [0.1, 0.15) is 0 Å². The van der Waals surface area contributed by atoms with E-state index in [2.05, 4.69) is 51.7 Å². The van der Waals surface area contributed by atoms with Crippen LogP contribution in [0.5, 0.6) is 0 Å². The smallest absolute Gasteiger partial charge is 0.475 e. The highest BCUT2D eigenvalue weighted by Gasteiger charge is 2.40. The molecule has 1 heterocycles. The number of nitrogens with zero attached hydrogens (tertiary/aromatic N) is 2. The Bertz CT molecular complexity index is 1400. The first-order valence-electron chi connectivity index (χ1n) is 15.1. The van der Waals surface area contributed by atoms with Crippen molar-refractivity contribution in [2.24, 2.45) is 5.92 Å². The van der Waals surface area contributed by atoms with Crippen LogP contribution in [0.15, 0.2) is 48.5 Å². The Hall–Kier alpha value is -4.59. The van der Waals surface area contributed by atoms with Crippen LogP contribution in [0.1, 0.15) is 41.1 Å². The van der Waals surface area contributed by atoms with Crippen molar-refractivity contribution in [3.8, 4) is 0 Å². The first-order valence-corrected chi connectivity index (χ1v) is 15.1. The molecule has 1 aliphatic heterocycles. The maximum atomic E-state index is 12.6. The number of anilines is 2. The van der Waals surface area contributed by atoms with Gasteiger partial charge in [0.15, 0.2) is 0 Å². The summed E-state index contributed by atoms with van der Waals surface area (Å²) in [5.41, 5.74) is 4.12. The third kappa shape index (κ3) is 15.9. The van der Waals surface area contributed by atoms with Crippen LogP contribution in [0.4, 0.5) is 50.9 Å². The van der Waals surface area contributed by atoms with E-state index in [4.69, 9.17) is 29.7 Å². The van der Waals surface area contributed by atoms with Gasteiger partial charge in [0, 0.05) is 55.1 Å². The summed E-state index contributed by atoms with van der Waals surface area (Å²) in [6.07, 6.45) is -11.2. The molecule has 0 spiro atoms. The molecule has 2 aromatic rings. The molecule has 0 bridgehead atoms. The van der Waals surface area contributed by atoms with Crippen LogP contribution in [0.3, 0.4) is 0 Å². The number of halogens is 9. The average molecular weight is 747 g/mol. The number of hydrogen-bond acceptors (Lipinski definition) is 7. The van der Waals surface area contributed by atoms with E-state index in [0.29, 0.717) is 17.5 Å². The van der Waals surface area contributed by atoms with Gasteiger partial charge in [-0.1, -0.05) is 12.1 Å². The van der Waals surface area contributed by atoms with Gasteiger partial charge in [0.05, 0.1) is 0 Å². The fourth-order valence-electron chi connectivity index (χ4n) is 4.33. The van der Waals surface area contributed by atoms with E-state index < -0.39 is 36.4 Å². The number of alkyl halides is 9. The van der Waals surface area contributed by atoms with Gasteiger partial charge in [0.25, 0.3) is 5.91 Å². The predicted octanol–water partition coefficient (Wildman–Crippen LogP) is 5.45. The second-order valence-corrected chi connectivity index (χ2v) is 11.6. The van der Waals surface area contributed by atoms with E-state index in [1.165, 1.54) is 37.1 Å². The van der Waals surface area contributed by atoms with Gasteiger partial charge < -0.3 is 35.8 Å². The molecule has 3 fully saturated rings. The topological polar surface area (TPSA) is 160 Å². The van der Waals surface area contributed by atoms with Gasteiger partial charge in [-0.2, -0.15) is 39.5 Å². The number of carbonyl (C=O) groups is 4. The van der Waals surface area contributed by atoms with E-state index in [-0.39, 0.29) is 5.91 Å². The first-order chi connectivity index (χ1) is 23.5. The molecule has 284 valence electrons. The molecule has 5 rings (SSSR count). The lowest BCUT2D eigenvalue weighted by molar-refractivity contribution is -0.193. The predicted molar refractivity (Wildman–Crippen MR) is 163 cm³/mol. The number of aliphatic carboxylic acids is 3. The Balaban J connectivity index is 0.000000352. The Morgan fingerprint density at radius 3 is 1.53 bits per heavy atom. The molecule has 0 radical (unpaired) electrons. The Labute approximate surface area is 285 Å². The van der Waals surface area contributed by atoms with Crippen molar-refractivity contribution in [2.75, 3.05) is 50.0 Å². The van der Waals surface area contributed by atoms with Gasteiger partial charge in [0.2, 0.25) is 0 Å². The first kappa shape index (κ1) is 42.6. The summed E-state index contributed by atoms with van der Waals surface area (Å²) >= 11 is 0. The number of carboxylic acids is 3. The standard InChI is InChI=1S/C25H32N4O.3C2HF3O2/c1-28-12-14-29(15-13-28)22-10-8-21(9-11-22)27-25(30)20-6-4-19(5-7-20)23-16-24(23)26-17-18-2-3-18;3*3-2(4,5)1(6)7/h4-11,18,23-24,26H,2-3,12-17H2,1H3,(H,27,30);3*(H,6,7)/t23-,24+;;;/m0.../s1. The molecule has 2 saturated carbocycles. The zero-order valence-electron chi connectivity index (χ0n) is 26.8. The van der Waals surface area contributed by atoms with Crippen LogP contribution in [0.25, 0.3) is 0 Å². The maximum absolute atomic E-state index is 12.6. The highest BCUT2D eigenvalue weighted by molar-refractivity contribution is 6.04. The molecule has 20 heteroatoms. The van der Waals surface area contributed by atoms with Crippen molar-refractivity contribution >= 4 is 35.2 Å². The van der Waals surface area contributed by atoms with E-state index >= 15 is 0 Å². The molecule has 0 unspecified atom stereocenters. The molecular formula is C31H35F9N4O7. The van der Waals surface area contributed by atoms with Gasteiger partial charge in [-0.15, -0.1) is 0 Å². The van der Waals surface area contributed by atoms with Crippen LogP contribution in [-0.4, -0.2) is 108 Å². The zero-order chi connectivity index (χ0) is 38.7. The van der Waals surface area contributed by atoms with Crippen molar-refractivity contribution in [3.63, 3.8) is 0 Å². The Morgan fingerprint density at radius 1 is 0.706 bits per heavy atom. The SMILES string of the molecule is CN1CCN(c2ccc(NC(=O)c3ccc([C@@H]4C[C@H]4NCC4CC4)cc3)cc2)CC1.O=C(O)C(F)(F)F.O=C(O)C(F)(F)F.O=C(O)C(F)(F)F. The van der Waals surface area contributed by atoms with Gasteiger partial charge in [-0.05, 0) is 80.7 Å². The van der Waals surface area contributed by atoms with Crippen LogP contribution in [0.2, 0.25) is 0 Å². The van der Waals surface area contributed by atoms with E-state index in [1.807, 2.05) is 24.3 Å². The minimum atomic E-state index is -5.08. The summed E-state index contributed by atoms with van der Waals surface area (Å²) in [5, 5.41) is 28.1. The number of carboxylic acid groups (broad SMARTS) is 3. The summed E-state index contributed by atoms with van der Waals surface area (Å²) in [6, 6.07) is 17.0. The Kier molecular flexibility index (Phi) is 15.1. The summed E-state index contributed by atoms with van der Waals surface area (Å²) in [7, 11) is 2.16. The van der Waals surface area contributed by atoms with E-state index in [9.17, 15) is 44.3 Å². The number of piperazine rings is 1. The van der Waals surface area contributed by atoms with E-state index in [1.54, 1.807) is 0 Å². The molecule has 2 aliphatic carbocycles. The summed E-state index contributed by atoms with van der Waals surface area (Å²) in [6.45, 7) is 5.45. The average Bonchev–Trinajstić information content (AvgIpc) is 3.97. The van der Waals surface area contributed by atoms with Gasteiger partial charge in [-0.25, -0.2) is 14.4 Å². The third-order valence-electron chi connectivity index (χ3n) is 7.48. The molecule has 2 atom stereocenters. The third-order valence-corrected chi connectivity index (χ3v) is 7.48. The van der Waals surface area contributed by atoms with Crippen molar-refractivity contribution in [1.82, 2.24) is 10.2 Å². The lowest BCUT2D eigenvalue weighted by Gasteiger charge is -2.34. The molecule has 5 N–H and O–H groups in total. The Morgan fingerprint density at radius 2 is 1.14 bits per heavy atom. The highest BCUT2D eigenvalue weighted by Crippen LogP contribution is 2.41. The largest absolute Gasteiger partial charge is 0.490 e. The molecule has 3 aliphatic rings. The van der Waals surface area contributed by atoms with Crippen LogP contribution >= 0.6 is 0 Å². The van der Waals surface area contributed by atoms with Crippen molar-refractivity contribution in [2.45, 2.75) is 49.8 Å². The van der Waals surface area contributed by atoms with Crippen LogP contribution in [0, 0.1) is 5.92 Å². The molecule has 1 saturated heterocycles. The van der Waals surface area contributed by atoms with Crippen molar-refractivity contribution in [1.29, 1.82) is 0 Å². The number of hydrogen-bond donors (Lipinski definition) is 5. The number of rotatable bonds is 7. The summed E-state index contributed by atoms with van der Waals surface area (Å²) in [5.74, 6) is -6.78. The monoisotopic (exact) mass is 746 g/mol. The van der Waals surface area contributed by atoms with Gasteiger partial charge >= 0.3 is 36.4 Å². The fourth-order valence-corrected chi connectivity index (χ4v) is 4.33. The normalized spacial score (nSPS) is 18.7. The summed E-state index contributed by atoms with van der Waals surface area (Å²) < 4.78 is 95.2. The van der Waals surface area contributed by atoms with Gasteiger partial charge in [-0.3, -0.25) is 4.79 Å². The number of carbonyl (C=O) groups excluding carboxylic acids is 1. The summed E-state index contributed by atoms with van der Waals surface area (Å²) in [4.78, 5) is 44.1. The number of amides is 1. The molecule has 2 aromatic carbocycles. The molecular weight excluding hydrogens is 711 g/mol. The van der Waals surface area contributed by atoms with Crippen LogP contribution < -0.4 is 15.5 Å². The molecule has 0 aromatic heterocycles. The minimum Gasteiger partial charge on any atom is -0.475 e. The fraction of sp³-hybridized carbons (Fsp3) is 0.484. The second kappa shape index (κ2) is 18.1. The number of likely N-dealkylation sites (N-methyl/N-ethyl adjacent to an activating group) is 1. The highest BCUT2D eigenvalue weighted by atomic mass is 19.4. The molecule has 51 heavy (non-hydrogen) atoms. The minimum absolute atomic E-state index is 0.0481. The maximum Gasteiger partial charge on any atom is 0.490 e. The number of nitrogens with one attached hydrogen (secondary N) is 2. The molecule has 11 nitrogen and oxygen atoms in total. The number of benzene rings is 2. The zero-order valence-corrected chi connectivity index (χ0v) is 26.8. The van der Waals surface area contributed by atoms with E-state index in [0.717, 1.165) is 37.8 Å². The van der Waals surface area contributed by atoms with Crippen molar-refractivity contribution in [3.05, 3.63) is 59.7 Å². The lowest BCUT2D eigenvalue weighted by atomic mass is 10.1. The van der Waals surface area contributed by atoms with Crippen molar-refractivity contribution < 1.29 is 74.0 Å².